The standard InChI is InChI=1S/C23H21ClF3N3O5S2/c1-15-6-7-17(24)13-21(15)30(36(2,32)33)14-22(31)28-18-8-10-20(11-9-18)37(34,35)29-19-5-3-4-16(12-19)23(25,26)27/h3-13,29H,14H2,1-2H3,(H,28,31). The molecule has 3 rings (SSSR count). The molecule has 37 heavy (non-hydrogen) atoms. The monoisotopic (exact) mass is 575 g/mol. The molecule has 0 atom stereocenters. The van der Waals surface area contributed by atoms with Gasteiger partial charge in [-0.25, -0.2) is 16.8 Å². The molecule has 0 unspecified atom stereocenters. The molecule has 2 N–H and O–H groups in total. The number of rotatable bonds is 8. The van der Waals surface area contributed by atoms with Crippen LogP contribution in [0.5, 0.6) is 0 Å². The van der Waals surface area contributed by atoms with Crippen molar-refractivity contribution in [1.82, 2.24) is 0 Å². The summed E-state index contributed by atoms with van der Waals surface area (Å²) in [4.78, 5) is 12.3. The highest BCUT2D eigenvalue weighted by molar-refractivity contribution is 7.92. The van der Waals surface area contributed by atoms with E-state index in [1.54, 1.807) is 19.1 Å². The number of benzene rings is 3. The first-order valence-electron chi connectivity index (χ1n) is 10.4. The van der Waals surface area contributed by atoms with Gasteiger partial charge in [0.05, 0.1) is 22.4 Å². The Hall–Kier alpha value is -3.29. The molecule has 0 aromatic heterocycles. The Morgan fingerprint density at radius 3 is 2.19 bits per heavy atom. The fourth-order valence-electron chi connectivity index (χ4n) is 3.25. The molecule has 0 aliphatic rings. The number of amides is 1. The molecular weight excluding hydrogens is 555 g/mol. The maximum atomic E-state index is 12.9. The van der Waals surface area contributed by atoms with Gasteiger partial charge in [-0.2, -0.15) is 13.2 Å². The van der Waals surface area contributed by atoms with Crippen molar-refractivity contribution in [2.24, 2.45) is 0 Å². The molecule has 198 valence electrons. The van der Waals surface area contributed by atoms with E-state index >= 15 is 0 Å². The summed E-state index contributed by atoms with van der Waals surface area (Å²) in [7, 11) is -8.09. The van der Waals surface area contributed by atoms with E-state index < -0.39 is 44.2 Å². The minimum atomic E-state index is -4.64. The Labute approximate surface area is 217 Å². The van der Waals surface area contributed by atoms with Crippen molar-refractivity contribution in [2.45, 2.75) is 18.0 Å². The molecule has 3 aromatic rings. The number of anilines is 3. The van der Waals surface area contributed by atoms with E-state index in [-0.39, 0.29) is 27.0 Å². The van der Waals surface area contributed by atoms with Crippen molar-refractivity contribution in [1.29, 1.82) is 0 Å². The van der Waals surface area contributed by atoms with Gasteiger partial charge >= 0.3 is 6.18 Å². The molecule has 0 aliphatic carbocycles. The lowest BCUT2D eigenvalue weighted by molar-refractivity contribution is -0.137. The average molecular weight is 576 g/mol. The summed E-state index contributed by atoms with van der Waals surface area (Å²) < 4.78 is 91.5. The van der Waals surface area contributed by atoms with Crippen LogP contribution in [-0.2, 0) is 31.0 Å². The molecule has 0 radical (unpaired) electrons. The maximum Gasteiger partial charge on any atom is 0.416 e. The third-order valence-electron chi connectivity index (χ3n) is 5.02. The highest BCUT2D eigenvalue weighted by Crippen LogP contribution is 2.31. The molecule has 0 bridgehead atoms. The number of alkyl halides is 3. The zero-order valence-electron chi connectivity index (χ0n) is 19.4. The van der Waals surface area contributed by atoms with Gasteiger partial charge in [0, 0.05) is 16.4 Å². The van der Waals surface area contributed by atoms with E-state index in [1.165, 1.54) is 24.3 Å². The van der Waals surface area contributed by atoms with Crippen LogP contribution in [0.4, 0.5) is 30.2 Å². The number of carbonyl (C=O) groups is 1. The molecule has 14 heteroatoms. The zero-order chi connectivity index (χ0) is 27.6. The van der Waals surface area contributed by atoms with Crippen LogP contribution in [0, 0.1) is 6.92 Å². The van der Waals surface area contributed by atoms with Crippen molar-refractivity contribution < 1.29 is 34.8 Å². The lowest BCUT2D eigenvalue weighted by Crippen LogP contribution is -2.37. The number of carbonyl (C=O) groups excluding carboxylic acids is 1. The van der Waals surface area contributed by atoms with E-state index in [0.717, 1.165) is 34.8 Å². The summed E-state index contributed by atoms with van der Waals surface area (Å²) in [5.41, 5.74) is -0.316. The Bertz CT molecular complexity index is 1530. The van der Waals surface area contributed by atoms with Crippen LogP contribution in [0.15, 0.2) is 71.6 Å². The minimum absolute atomic E-state index is 0.166. The van der Waals surface area contributed by atoms with Gasteiger partial charge in [0.2, 0.25) is 15.9 Å². The molecule has 8 nitrogen and oxygen atoms in total. The summed E-state index contributed by atoms with van der Waals surface area (Å²) in [5.74, 6) is -0.706. The number of nitrogens with zero attached hydrogens (tertiary/aromatic N) is 1. The predicted molar refractivity (Wildman–Crippen MR) is 136 cm³/mol. The second-order valence-corrected chi connectivity index (χ2v) is 12.0. The molecule has 0 heterocycles. The minimum Gasteiger partial charge on any atom is -0.325 e. The molecule has 1 amide bonds. The van der Waals surface area contributed by atoms with Crippen LogP contribution in [0.2, 0.25) is 5.02 Å². The van der Waals surface area contributed by atoms with Crippen molar-refractivity contribution >= 4 is 54.6 Å². The van der Waals surface area contributed by atoms with Crippen LogP contribution in [0.1, 0.15) is 11.1 Å². The Morgan fingerprint density at radius 1 is 0.946 bits per heavy atom. The van der Waals surface area contributed by atoms with Gasteiger partial charge in [-0.1, -0.05) is 23.7 Å². The van der Waals surface area contributed by atoms with Gasteiger partial charge in [-0.3, -0.25) is 13.8 Å². The first-order valence-corrected chi connectivity index (χ1v) is 14.1. The largest absolute Gasteiger partial charge is 0.416 e. The summed E-state index contributed by atoms with van der Waals surface area (Å²) in [6.45, 7) is 1.09. The van der Waals surface area contributed by atoms with Crippen LogP contribution in [-0.4, -0.2) is 35.5 Å². The molecule has 0 saturated carbocycles. The number of nitrogens with one attached hydrogen (secondary N) is 2. The molecule has 0 aliphatic heterocycles. The Morgan fingerprint density at radius 2 is 1.59 bits per heavy atom. The van der Waals surface area contributed by atoms with Gasteiger partial charge in [0.15, 0.2) is 0 Å². The van der Waals surface area contributed by atoms with Gasteiger partial charge in [0.25, 0.3) is 10.0 Å². The second kappa shape index (κ2) is 10.6. The number of hydrogen-bond acceptors (Lipinski definition) is 5. The maximum absolute atomic E-state index is 12.9. The highest BCUT2D eigenvalue weighted by atomic mass is 35.5. The van der Waals surface area contributed by atoms with Crippen LogP contribution >= 0.6 is 11.6 Å². The molecular formula is C23H21ClF3N3O5S2. The fraction of sp³-hybridized carbons (Fsp3) is 0.174. The van der Waals surface area contributed by atoms with Gasteiger partial charge in [-0.15, -0.1) is 0 Å². The molecule has 3 aromatic carbocycles. The molecule has 0 spiro atoms. The first-order chi connectivity index (χ1) is 17.1. The van der Waals surface area contributed by atoms with E-state index in [4.69, 9.17) is 11.6 Å². The van der Waals surface area contributed by atoms with Crippen molar-refractivity contribution in [3.8, 4) is 0 Å². The van der Waals surface area contributed by atoms with E-state index in [9.17, 15) is 34.8 Å². The number of hydrogen-bond donors (Lipinski definition) is 2. The molecule has 0 fully saturated rings. The van der Waals surface area contributed by atoms with Crippen molar-refractivity contribution in [3.63, 3.8) is 0 Å². The lowest BCUT2D eigenvalue weighted by atomic mass is 10.2. The number of halogens is 4. The van der Waals surface area contributed by atoms with Gasteiger partial charge in [-0.05, 0) is 67.1 Å². The van der Waals surface area contributed by atoms with E-state index in [0.29, 0.717) is 11.6 Å². The lowest BCUT2D eigenvalue weighted by Gasteiger charge is -2.24. The quantitative estimate of drug-likeness (QED) is 0.398. The Balaban J connectivity index is 1.74. The number of sulfonamides is 2. The van der Waals surface area contributed by atoms with Gasteiger partial charge < -0.3 is 5.32 Å². The average Bonchev–Trinajstić information content (AvgIpc) is 2.78. The summed E-state index contributed by atoms with van der Waals surface area (Å²) in [5, 5.41) is 2.77. The van der Waals surface area contributed by atoms with Crippen LogP contribution in [0.3, 0.4) is 0 Å². The third-order valence-corrected chi connectivity index (χ3v) is 7.78. The SMILES string of the molecule is Cc1ccc(Cl)cc1N(CC(=O)Nc1ccc(S(=O)(=O)Nc2cccc(C(F)(F)F)c2)cc1)S(C)(=O)=O. The second-order valence-electron chi connectivity index (χ2n) is 7.96. The van der Waals surface area contributed by atoms with E-state index in [2.05, 4.69) is 10.0 Å². The fourth-order valence-corrected chi connectivity index (χ4v) is 5.38. The third kappa shape index (κ3) is 7.37. The smallest absolute Gasteiger partial charge is 0.325 e. The predicted octanol–water partition coefficient (Wildman–Crippen LogP) is 4.87. The normalized spacial score (nSPS) is 12.2. The van der Waals surface area contributed by atoms with Crippen molar-refractivity contribution in [3.05, 3.63) is 82.9 Å². The van der Waals surface area contributed by atoms with Crippen LogP contribution < -0.4 is 14.3 Å². The number of aryl methyl sites for hydroxylation is 1. The van der Waals surface area contributed by atoms with E-state index in [1.807, 2.05) is 0 Å². The summed E-state index contributed by atoms with van der Waals surface area (Å²) >= 11 is 5.98. The van der Waals surface area contributed by atoms with Gasteiger partial charge in [0.1, 0.15) is 6.54 Å². The topological polar surface area (TPSA) is 113 Å². The Kier molecular flexibility index (Phi) is 8.10. The molecule has 0 saturated heterocycles. The first kappa shape index (κ1) is 28.3. The summed E-state index contributed by atoms with van der Waals surface area (Å²) in [6, 6.07) is 13.1. The van der Waals surface area contributed by atoms with Crippen LogP contribution in [0.25, 0.3) is 0 Å². The zero-order valence-corrected chi connectivity index (χ0v) is 21.8. The van der Waals surface area contributed by atoms with Crippen molar-refractivity contribution in [2.75, 3.05) is 27.1 Å². The summed E-state index contributed by atoms with van der Waals surface area (Å²) in [6.07, 6.45) is -3.70. The highest BCUT2D eigenvalue weighted by Gasteiger charge is 2.31.